The van der Waals surface area contributed by atoms with Crippen LogP contribution in [0.25, 0.3) is 0 Å². The van der Waals surface area contributed by atoms with Gasteiger partial charge in [0.05, 0.1) is 0 Å². The molecule has 100 valence electrons. The molecule has 0 amide bonds. The van der Waals surface area contributed by atoms with Gasteiger partial charge in [0.1, 0.15) is 0 Å². The zero-order chi connectivity index (χ0) is 12.3. The molecule has 2 unspecified atom stereocenters. The summed E-state index contributed by atoms with van der Waals surface area (Å²) in [5, 5.41) is 3.57. The first kappa shape index (κ1) is 13.3. The van der Waals surface area contributed by atoms with Crippen LogP contribution in [0.3, 0.4) is 0 Å². The molecule has 0 saturated carbocycles. The summed E-state index contributed by atoms with van der Waals surface area (Å²) in [5.41, 5.74) is 0. The van der Waals surface area contributed by atoms with Gasteiger partial charge in [0.15, 0.2) is 0 Å². The van der Waals surface area contributed by atoms with Crippen LogP contribution in [0.1, 0.15) is 27.2 Å². The van der Waals surface area contributed by atoms with Crippen LogP contribution in [-0.2, 0) is 0 Å². The van der Waals surface area contributed by atoms with Crippen molar-refractivity contribution in [3.63, 3.8) is 0 Å². The maximum absolute atomic E-state index is 3.57. The summed E-state index contributed by atoms with van der Waals surface area (Å²) in [6.45, 7) is 15.8. The van der Waals surface area contributed by atoms with Crippen molar-refractivity contribution in [2.45, 2.75) is 33.2 Å². The lowest BCUT2D eigenvalue weighted by atomic mass is 9.96. The molecule has 0 spiro atoms. The van der Waals surface area contributed by atoms with Crippen LogP contribution in [0.15, 0.2) is 0 Å². The van der Waals surface area contributed by atoms with Crippen LogP contribution in [0.5, 0.6) is 0 Å². The van der Waals surface area contributed by atoms with Crippen molar-refractivity contribution >= 4 is 0 Å². The largest absolute Gasteiger partial charge is 0.315 e. The standard InChI is InChI=1S/C14H29N3/c1-12(2)11-16-4-6-17(7-5-16)14-8-13(3)9-15-10-14/h12-15H,4-11H2,1-3H3. The topological polar surface area (TPSA) is 18.5 Å². The van der Waals surface area contributed by atoms with Crippen LogP contribution in [-0.4, -0.2) is 61.7 Å². The maximum atomic E-state index is 3.57. The van der Waals surface area contributed by atoms with E-state index < -0.39 is 0 Å². The molecule has 0 aromatic rings. The second-order valence-corrected chi connectivity index (χ2v) is 6.38. The first-order chi connectivity index (χ1) is 8.15. The molecule has 17 heavy (non-hydrogen) atoms. The van der Waals surface area contributed by atoms with Gasteiger partial charge >= 0.3 is 0 Å². The molecular formula is C14H29N3. The molecule has 2 rings (SSSR count). The Bertz CT molecular complexity index is 222. The van der Waals surface area contributed by atoms with E-state index in [1.54, 1.807) is 0 Å². The summed E-state index contributed by atoms with van der Waals surface area (Å²) in [5.74, 6) is 1.65. The quantitative estimate of drug-likeness (QED) is 0.800. The monoisotopic (exact) mass is 239 g/mol. The predicted octanol–water partition coefficient (Wildman–Crippen LogP) is 1.26. The van der Waals surface area contributed by atoms with Gasteiger partial charge in [0.2, 0.25) is 0 Å². The molecule has 2 saturated heterocycles. The average Bonchev–Trinajstić information content (AvgIpc) is 2.29. The van der Waals surface area contributed by atoms with Crippen LogP contribution in [0, 0.1) is 11.8 Å². The molecule has 0 bridgehead atoms. The highest BCUT2D eigenvalue weighted by Crippen LogP contribution is 2.17. The predicted molar refractivity (Wildman–Crippen MR) is 73.3 cm³/mol. The first-order valence-electron chi connectivity index (χ1n) is 7.32. The van der Waals surface area contributed by atoms with Gasteiger partial charge in [-0.3, -0.25) is 4.90 Å². The van der Waals surface area contributed by atoms with E-state index >= 15 is 0 Å². The van der Waals surface area contributed by atoms with Gasteiger partial charge in [0, 0.05) is 45.3 Å². The first-order valence-corrected chi connectivity index (χ1v) is 7.32. The number of piperidine rings is 1. The Kier molecular flexibility index (Phi) is 4.83. The summed E-state index contributed by atoms with van der Waals surface area (Å²) in [6, 6.07) is 0.792. The third kappa shape index (κ3) is 3.94. The Morgan fingerprint density at radius 2 is 1.82 bits per heavy atom. The van der Waals surface area contributed by atoms with Crippen LogP contribution in [0.2, 0.25) is 0 Å². The van der Waals surface area contributed by atoms with Gasteiger partial charge in [-0.05, 0) is 24.8 Å². The van der Waals surface area contributed by atoms with Crippen LogP contribution in [0.4, 0.5) is 0 Å². The highest BCUT2D eigenvalue weighted by molar-refractivity contribution is 4.84. The Morgan fingerprint density at radius 3 is 2.41 bits per heavy atom. The van der Waals surface area contributed by atoms with Crippen molar-refractivity contribution < 1.29 is 0 Å². The molecule has 0 aliphatic carbocycles. The zero-order valence-electron chi connectivity index (χ0n) is 11.8. The Labute approximate surface area is 107 Å². The van der Waals surface area contributed by atoms with Crippen molar-refractivity contribution in [3.05, 3.63) is 0 Å². The molecule has 3 nitrogen and oxygen atoms in total. The SMILES string of the molecule is CC(C)CN1CCN(C2CNCC(C)C2)CC1. The Balaban J connectivity index is 1.74. The van der Waals surface area contributed by atoms with E-state index in [-0.39, 0.29) is 0 Å². The average molecular weight is 239 g/mol. The van der Waals surface area contributed by atoms with E-state index in [1.165, 1.54) is 52.2 Å². The lowest BCUT2D eigenvalue weighted by Gasteiger charge is -2.42. The summed E-state index contributed by atoms with van der Waals surface area (Å²) >= 11 is 0. The number of rotatable bonds is 3. The van der Waals surface area contributed by atoms with Gasteiger partial charge in [-0.15, -0.1) is 0 Å². The molecule has 2 aliphatic heterocycles. The van der Waals surface area contributed by atoms with E-state index in [1.807, 2.05) is 0 Å². The van der Waals surface area contributed by atoms with E-state index in [0.717, 1.165) is 17.9 Å². The number of hydrogen-bond acceptors (Lipinski definition) is 3. The molecule has 1 N–H and O–H groups in total. The maximum Gasteiger partial charge on any atom is 0.0224 e. The smallest absolute Gasteiger partial charge is 0.0224 e. The second-order valence-electron chi connectivity index (χ2n) is 6.38. The highest BCUT2D eigenvalue weighted by atomic mass is 15.3. The van der Waals surface area contributed by atoms with E-state index in [0.29, 0.717) is 0 Å². The highest BCUT2D eigenvalue weighted by Gasteiger charge is 2.27. The minimum absolute atomic E-state index is 0.792. The van der Waals surface area contributed by atoms with Crippen LogP contribution < -0.4 is 5.32 Å². The third-order valence-corrected chi connectivity index (χ3v) is 4.09. The lowest BCUT2D eigenvalue weighted by molar-refractivity contribution is 0.0702. The van der Waals surface area contributed by atoms with Crippen molar-refractivity contribution in [3.8, 4) is 0 Å². The van der Waals surface area contributed by atoms with Gasteiger partial charge in [0.25, 0.3) is 0 Å². The van der Waals surface area contributed by atoms with Gasteiger partial charge < -0.3 is 10.2 Å². The number of nitrogens with one attached hydrogen (secondary N) is 1. The Hall–Kier alpha value is -0.120. The summed E-state index contributed by atoms with van der Waals surface area (Å²) in [7, 11) is 0. The summed E-state index contributed by atoms with van der Waals surface area (Å²) < 4.78 is 0. The van der Waals surface area contributed by atoms with E-state index in [4.69, 9.17) is 0 Å². The van der Waals surface area contributed by atoms with E-state index in [2.05, 4.69) is 35.9 Å². The molecule has 0 aromatic carbocycles. The zero-order valence-corrected chi connectivity index (χ0v) is 11.8. The Morgan fingerprint density at radius 1 is 1.12 bits per heavy atom. The normalized spacial score (nSPS) is 33.2. The fraction of sp³-hybridized carbons (Fsp3) is 1.00. The molecule has 0 aromatic heterocycles. The van der Waals surface area contributed by atoms with Gasteiger partial charge in [-0.25, -0.2) is 0 Å². The fourth-order valence-corrected chi connectivity index (χ4v) is 3.23. The molecule has 2 heterocycles. The summed E-state index contributed by atoms with van der Waals surface area (Å²) in [6.07, 6.45) is 1.39. The molecular weight excluding hydrogens is 210 g/mol. The third-order valence-electron chi connectivity index (χ3n) is 4.09. The molecule has 2 fully saturated rings. The van der Waals surface area contributed by atoms with E-state index in [9.17, 15) is 0 Å². The molecule has 2 aliphatic rings. The fourth-order valence-electron chi connectivity index (χ4n) is 3.23. The van der Waals surface area contributed by atoms with Crippen molar-refractivity contribution in [1.29, 1.82) is 0 Å². The molecule has 2 atom stereocenters. The second kappa shape index (κ2) is 6.17. The van der Waals surface area contributed by atoms with Crippen LogP contribution >= 0.6 is 0 Å². The van der Waals surface area contributed by atoms with Gasteiger partial charge in [-0.1, -0.05) is 20.8 Å². The number of piperazine rings is 1. The number of hydrogen-bond donors (Lipinski definition) is 1. The number of nitrogens with zero attached hydrogens (tertiary/aromatic N) is 2. The molecule has 3 heteroatoms. The minimum atomic E-state index is 0.792. The van der Waals surface area contributed by atoms with Crippen molar-refractivity contribution in [2.24, 2.45) is 11.8 Å². The summed E-state index contributed by atoms with van der Waals surface area (Å²) in [4.78, 5) is 5.33. The van der Waals surface area contributed by atoms with Crippen molar-refractivity contribution in [2.75, 3.05) is 45.8 Å². The minimum Gasteiger partial charge on any atom is -0.315 e. The van der Waals surface area contributed by atoms with Crippen molar-refractivity contribution in [1.82, 2.24) is 15.1 Å². The van der Waals surface area contributed by atoms with Gasteiger partial charge in [-0.2, -0.15) is 0 Å². The lowest BCUT2D eigenvalue weighted by Crippen LogP contribution is -2.55. The molecule has 0 radical (unpaired) electrons.